The van der Waals surface area contributed by atoms with E-state index in [9.17, 15) is 0 Å². The van der Waals surface area contributed by atoms with Crippen molar-refractivity contribution in [2.75, 3.05) is 13.1 Å². The normalized spacial score (nSPS) is 11.5. The molecular formula is C14H19ClN2. The van der Waals surface area contributed by atoms with Crippen LogP contribution in [-0.2, 0) is 6.54 Å². The minimum Gasteiger partial charge on any atom is -0.345 e. The second-order valence-electron chi connectivity index (χ2n) is 4.78. The van der Waals surface area contributed by atoms with Crippen LogP contribution in [0.25, 0.3) is 10.9 Å². The van der Waals surface area contributed by atoms with E-state index in [0.717, 1.165) is 30.2 Å². The number of hydrogen-bond acceptors (Lipinski definition) is 1. The molecule has 92 valence electrons. The van der Waals surface area contributed by atoms with E-state index in [-0.39, 0.29) is 0 Å². The summed E-state index contributed by atoms with van der Waals surface area (Å²) >= 11 is 6.23. The van der Waals surface area contributed by atoms with E-state index in [1.54, 1.807) is 0 Å². The highest BCUT2D eigenvalue weighted by Crippen LogP contribution is 2.23. The number of para-hydroxylation sites is 1. The lowest BCUT2D eigenvalue weighted by Crippen LogP contribution is -2.23. The Bertz CT molecular complexity index is 488. The van der Waals surface area contributed by atoms with E-state index < -0.39 is 0 Å². The van der Waals surface area contributed by atoms with Gasteiger partial charge in [0.15, 0.2) is 0 Å². The lowest BCUT2D eigenvalue weighted by molar-refractivity contribution is 0.529. The van der Waals surface area contributed by atoms with Crippen LogP contribution >= 0.6 is 11.6 Å². The first-order valence-electron chi connectivity index (χ1n) is 6.12. The topological polar surface area (TPSA) is 17.0 Å². The molecule has 0 atom stereocenters. The van der Waals surface area contributed by atoms with Crippen LogP contribution in [0.1, 0.15) is 13.8 Å². The predicted molar refractivity (Wildman–Crippen MR) is 74.7 cm³/mol. The van der Waals surface area contributed by atoms with Gasteiger partial charge in [-0.3, -0.25) is 0 Å². The Labute approximate surface area is 108 Å². The first-order valence-corrected chi connectivity index (χ1v) is 6.50. The van der Waals surface area contributed by atoms with Gasteiger partial charge in [-0.2, -0.15) is 0 Å². The molecule has 3 heteroatoms. The maximum atomic E-state index is 6.23. The third-order valence-electron chi connectivity index (χ3n) is 2.82. The third kappa shape index (κ3) is 3.02. The molecule has 0 amide bonds. The summed E-state index contributed by atoms with van der Waals surface area (Å²) in [5, 5.41) is 5.48. The Morgan fingerprint density at radius 1 is 1.29 bits per heavy atom. The van der Waals surface area contributed by atoms with Gasteiger partial charge < -0.3 is 9.88 Å². The molecule has 0 fully saturated rings. The molecule has 17 heavy (non-hydrogen) atoms. The summed E-state index contributed by atoms with van der Waals surface area (Å²) in [6, 6.07) is 8.15. The molecule has 0 aliphatic rings. The average Bonchev–Trinajstić information content (AvgIpc) is 2.69. The standard InChI is InChI=1S/C14H19ClN2/c1-11(2)10-16-7-9-17-8-6-12-4-3-5-13(15)14(12)17/h3-6,8,11,16H,7,9-10H2,1-2H3. The van der Waals surface area contributed by atoms with Gasteiger partial charge in [0.2, 0.25) is 0 Å². The summed E-state index contributed by atoms with van der Waals surface area (Å²) in [7, 11) is 0. The Balaban J connectivity index is 2.04. The van der Waals surface area contributed by atoms with Crippen molar-refractivity contribution in [2.24, 2.45) is 5.92 Å². The highest BCUT2D eigenvalue weighted by Gasteiger charge is 2.04. The maximum Gasteiger partial charge on any atom is 0.0670 e. The lowest BCUT2D eigenvalue weighted by atomic mass is 10.2. The molecule has 2 rings (SSSR count). The van der Waals surface area contributed by atoms with Crippen molar-refractivity contribution >= 4 is 22.5 Å². The molecule has 0 radical (unpaired) electrons. The van der Waals surface area contributed by atoms with Gasteiger partial charge in [0, 0.05) is 24.7 Å². The largest absolute Gasteiger partial charge is 0.345 e. The molecular weight excluding hydrogens is 232 g/mol. The number of halogens is 1. The molecule has 0 saturated carbocycles. The van der Waals surface area contributed by atoms with Crippen molar-refractivity contribution in [1.82, 2.24) is 9.88 Å². The van der Waals surface area contributed by atoms with Gasteiger partial charge in [0.1, 0.15) is 0 Å². The fraction of sp³-hybridized carbons (Fsp3) is 0.429. The summed E-state index contributed by atoms with van der Waals surface area (Å²) in [5.41, 5.74) is 1.14. The molecule has 1 aromatic heterocycles. The number of aromatic nitrogens is 1. The summed E-state index contributed by atoms with van der Waals surface area (Å²) in [6.45, 7) is 7.43. The van der Waals surface area contributed by atoms with Crippen LogP contribution in [0, 0.1) is 5.92 Å². The van der Waals surface area contributed by atoms with Crippen LogP contribution in [0.4, 0.5) is 0 Å². The van der Waals surface area contributed by atoms with Crippen molar-refractivity contribution in [1.29, 1.82) is 0 Å². The van der Waals surface area contributed by atoms with Gasteiger partial charge in [-0.05, 0) is 24.6 Å². The Morgan fingerprint density at radius 2 is 2.12 bits per heavy atom. The Kier molecular flexibility index (Phi) is 4.08. The molecule has 0 bridgehead atoms. The second kappa shape index (κ2) is 5.56. The van der Waals surface area contributed by atoms with Gasteiger partial charge in [0.25, 0.3) is 0 Å². The zero-order valence-electron chi connectivity index (χ0n) is 10.4. The van der Waals surface area contributed by atoms with Crippen molar-refractivity contribution < 1.29 is 0 Å². The molecule has 0 saturated heterocycles. The van der Waals surface area contributed by atoms with Crippen molar-refractivity contribution in [2.45, 2.75) is 20.4 Å². The minimum atomic E-state index is 0.694. The first kappa shape index (κ1) is 12.5. The molecule has 1 heterocycles. The van der Waals surface area contributed by atoms with Crippen LogP contribution in [0.3, 0.4) is 0 Å². The number of nitrogens with one attached hydrogen (secondary N) is 1. The molecule has 0 aliphatic heterocycles. The van der Waals surface area contributed by atoms with Crippen molar-refractivity contribution in [3.05, 3.63) is 35.5 Å². The average molecular weight is 251 g/mol. The minimum absolute atomic E-state index is 0.694. The summed E-state index contributed by atoms with van der Waals surface area (Å²) in [5.74, 6) is 0.694. The summed E-state index contributed by atoms with van der Waals surface area (Å²) < 4.78 is 2.21. The smallest absolute Gasteiger partial charge is 0.0670 e. The maximum absolute atomic E-state index is 6.23. The van der Waals surface area contributed by atoms with E-state index in [1.807, 2.05) is 12.1 Å². The fourth-order valence-corrected chi connectivity index (χ4v) is 2.28. The number of hydrogen-bond donors (Lipinski definition) is 1. The number of fused-ring (bicyclic) bond motifs is 1. The van der Waals surface area contributed by atoms with Gasteiger partial charge in [0.05, 0.1) is 10.5 Å². The van der Waals surface area contributed by atoms with Gasteiger partial charge in [-0.15, -0.1) is 0 Å². The molecule has 0 spiro atoms. The quantitative estimate of drug-likeness (QED) is 0.804. The van der Waals surface area contributed by atoms with Crippen LogP contribution < -0.4 is 5.32 Å². The Hall–Kier alpha value is -0.990. The van der Waals surface area contributed by atoms with Crippen LogP contribution in [0.15, 0.2) is 30.5 Å². The van der Waals surface area contributed by atoms with Crippen molar-refractivity contribution in [3.63, 3.8) is 0 Å². The van der Waals surface area contributed by atoms with Crippen LogP contribution in [0.5, 0.6) is 0 Å². The molecule has 0 aliphatic carbocycles. The number of nitrogens with zero attached hydrogens (tertiary/aromatic N) is 1. The molecule has 2 nitrogen and oxygen atoms in total. The predicted octanol–water partition coefficient (Wildman–Crippen LogP) is 3.54. The van der Waals surface area contributed by atoms with Gasteiger partial charge >= 0.3 is 0 Å². The van der Waals surface area contributed by atoms with E-state index in [0.29, 0.717) is 5.92 Å². The molecule has 2 aromatic rings. The first-order chi connectivity index (χ1) is 8.18. The second-order valence-corrected chi connectivity index (χ2v) is 5.19. The van der Waals surface area contributed by atoms with E-state index in [4.69, 9.17) is 11.6 Å². The number of rotatable bonds is 5. The highest BCUT2D eigenvalue weighted by atomic mass is 35.5. The zero-order valence-corrected chi connectivity index (χ0v) is 11.2. The summed E-state index contributed by atoms with van der Waals surface area (Å²) in [4.78, 5) is 0. The Morgan fingerprint density at radius 3 is 2.88 bits per heavy atom. The zero-order chi connectivity index (χ0) is 12.3. The third-order valence-corrected chi connectivity index (χ3v) is 3.13. The number of benzene rings is 1. The van der Waals surface area contributed by atoms with Crippen LogP contribution in [-0.4, -0.2) is 17.7 Å². The molecule has 1 N–H and O–H groups in total. The monoisotopic (exact) mass is 250 g/mol. The van der Waals surface area contributed by atoms with Gasteiger partial charge in [-0.25, -0.2) is 0 Å². The van der Waals surface area contributed by atoms with E-state index >= 15 is 0 Å². The fourth-order valence-electron chi connectivity index (χ4n) is 1.99. The van der Waals surface area contributed by atoms with Crippen molar-refractivity contribution in [3.8, 4) is 0 Å². The summed E-state index contributed by atoms with van der Waals surface area (Å²) in [6.07, 6.45) is 2.10. The van der Waals surface area contributed by atoms with Crippen LogP contribution in [0.2, 0.25) is 5.02 Å². The molecule has 1 aromatic carbocycles. The highest BCUT2D eigenvalue weighted by molar-refractivity contribution is 6.35. The SMILES string of the molecule is CC(C)CNCCn1ccc2cccc(Cl)c21. The lowest BCUT2D eigenvalue weighted by Gasteiger charge is -2.09. The van der Waals surface area contributed by atoms with E-state index in [1.165, 1.54) is 5.39 Å². The van der Waals surface area contributed by atoms with Gasteiger partial charge in [-0.1, -0.05) is 37.6 Å². The van der Waals surface area contributed by atoms with E-state index in [2.05, 4.69) is 42.1 Å². The molecule has 0 unspecified atom stereocenters.